The van der Waals surface area contributed by atoms with Crippen LogP contribution in [0.3, 0.4) is 0 Å². The molecular formula is C8H8N4OS. The molecule has 14 heavy (non-hydrogen) atoms. The molecule has 0 saturated heterocycles. The summed E-state index contributed by atoms with van der Waals surface area (Å²) in [5.41, 5.74) is 0. The van der Waals surface area contributed by atoms with Crippen molar-refractivity contribution in [2.75, 3.05) is 6.26 Å². The van der Waals surface area contributed by atoms with Crippen molar-refractivity contribution >= 4 is 18.0 Å². The Kier molecular flexibility index (Phi) is 2.64. The molecule has 0 bridgehead atoms. The van der Waals surface area contributed by atoms with Gasteiger partial charge in [0.2, 0.25) is 5.16 Å². The second kappa shape index (κ2) is 4.10. The highest BCUT2D eigenvalue weighted by molar-refractivity contribution is 7.98. The van der Waals surface area contributed by atoms with E-state index in [9.17, 15) is 0 Å². The zero-order valence-corrected chi connectivity index (χ0v) is 8.31. The van der Waals surface area contributed by atoms with E-state index in [0.29, 0.717) is 5.76 Å². The molecule has 0 atom stereocenters. The third kappa shape index (κ3) is 1.85. The Morgan fingerprint density at radius 3 is 3.29 bits per heavy atom. The summed E-state index contributed by atoms with van der Waals surface area (Å²) in [6.45, 7) is 0. The van der Waals surface area contributed by atoms with Gasteiger partial charge in [0.15, 0.2) is 0 Å². The highest BCUT2D eigenvalue weighted by Crippen LogP contribution is 2.09. The third-order valence-electron chi connectivity index (χ3n) is 1.54. The van der Waals surface area contributed by atoms with E-state index in [-0.39, 0.29) is 0 Å². The summed E-state index contributed by atoms with van der Waals surface area (Å²) in [5.74, 6) is 0.700. The maximum atomic E-state index is 5.10. The fourth-order valence-corrected chi connectivity index (χ4v) is 1.33. The van der Waals surface area contributed by atoms with Crippen molar-refractivity contribution in [2.45, 2.75) is 5.16 Å². The van der Waals surface area contributed by atoms with E-state index < -0.39 is 0 Å². The summed E-state index contributed by atoms with van der Waals surface area (Å²) >= 11 is 1.48. The van der Waals surface area contributed by atoms with E-state index in [1.165, 1.54) is 11.8 Å². The summed E-state index contributed by atoms with van der Waals surface area (Å²) < 4.78 is 6.69. The molecule has 0 saturated carbocycles. The van der Waals surface area contributed by atoms with Gasteiger partial charge in [-0.15, -0.1) is 10.2 Å². The molecule has 0 aromatic carbocycles. The highest BCUT2D eigenvalue weighted by Gasteiger charge is 1.99. The zero-order valence-electron chi connectivity index (χ0n) is 7.49. The van der Waals surface area contributed by atoms with Crippen LogP contribution in [0.5, 0.6) is 0 Å². The maximum absolute atomic E-state index is 5.10. The summed E-state index contributed by atoms with van der Waals surface area (Å²) in [7, 11) is 0. The molecule has 0 aliphatic rings. The first-order valence-corrected chi connectivity index (χ1v) is 5.14. The normalized spacial score (nSPS) is 11.2. The van der Waals surface area contributed by atoms with Gasteiger partial charge < -0.3 is 4.42 Å². The quantitative estimate of drug-likeness (QED) is 0.566. The lowest BCUT2D eigenvalue weighted by Gasteiger charge is -1.93. The lowest BCUT2D eigenvalue weighted by molar-refractivity contribution is 0.559. The first-order chi connectivity index (χ1) is 6.90. The molecule has 0 N–H and O–H groups in total. The van der Waals surface area contributed by atoms with Crippen LogP contribution in [0.15, 0.2) is 39.4 Å². The van der Waals surface area contributed by atoms with Crippen molar-refractivity contribution in [1.82, 2.24) is 14.9 Å². The molecule has 0 spiro atoms. The first kappa shape index (κ1) is 9.01. The predicted octanol–water partition coefficient (Wildman–Crippen LogP) is 1.48. The Labute approximate surface area is 84.8 Å². The topological polar surface area (TPSA) is 56.2 Å². The summed E-state index contributed by atoms with van der Waals surface area (Å²) in [4.78, 5) is 0. The van der Waals surface area contributed by atoms with E-state index in [4.69, 9.17) is 4.42 Å². The Balaban J connectivity index is 2.18. The van der Waals surface area contributed by atoms with E-state index >= 15 is 0 Å². The SMILES string of the molecule is CSc1nncn1/N=C/c1ccco1. The molecule has 6 heteroatoms. The predicted molar refractivity (Wildman–Crippen MR) is 53.5 cm³/mol. The summed E-state index contributed by atoms with van der Waals surface area (Å²) in [6.07, 6.45) is 6.68. The molecule has 0 aliphatic carbocycles. The van der Waals surface area contributed by atoms with Crippen LogP contribution < -0.4 is 0 Å². The van der Waals surface area contributed by atoms with Gasteiger partial charge in [0.1, 0.15) is 12.1 Å². The third-order valence-corrected chi connectivity index (χ3v) is 2.17. The van der Waals surface area contributed by atoms with Gasteiger partial charge in [0, 0.05) is 0 Å². The van der Waals surface area contributed by atoms with Crippen molar-refractivity contribution in [1.29, 1.82) is 0 Å². The number of nitrogens with zero attached hydrogens (tertiary/aromatic N) is 4. The largest absolute Gasteiger partial charge is 0.463 e. The van der Waals surface area contributed by atoms with Gasteiger partial charge in [0.25, 0.3) is 0 Å². The van der Waals surface area contributed by atoms with E-state index in [0.717, 1.165) is 5.16 Å². The second-order valence-corrected chi connectivity index (χ2v) is 3.20. The van der Waals surface area contributed by atoms with Gasteiger partial charge in [0.05, 0.1) is 12.5 Å². The number of rotatable bonds is 3. The molecular weight excluding hydrogens is 200 g/mol. The van der Waals surface area contributed by atoms with Gasteiger partial charge in [-0.05, 0) is 18.4 Å². The van der Waals surface area contributed by atoms with Crippen LogP contribution in [0.4, 0.5) is 0 Å². The van der Waals surface area contributed by atoms with Crippen LogP contribution >= 0.6 is 11.8 Å². The van der Waals surface area contributed by atoms with Crippen molar-refractivity contribution in [2.24, 2.45) is 5.10 Å². The van der Waals surface area contributed by atoms with Gasteiger partial charge in [-0.2, -0.15) is 9.78 Å². The minimum absolute atomic E-state index is 0.700. The molecule has 2 heterocycles. The number of aromatic nitrogens is 3. The van der Waals surface area contributed by atoms with Crippen molar-refractivity contribution in [3.63, 3.8) is 0 Å². The van der Waals surface area contributed by atoms with Crippen LogP contribution in [0, 0.1) is 0 Å². The minimum Gasteiger partial charge on any atom is -0.463 e. The van der Waals surface area contributed by atoms with Gasteiger partial charge >= 0.3 is 0 Å². The average Bonchev–Trinajstić information content (AvgIpc) is 2.85. The lowest BCUT2D eigenvalue weighted by Crippen LogP contribution is -1.90. The Bertz CT molecular complexity index is 420. The lowest BCUT2D eigenvalue weighted by atomic mass is 10.5. The number of furan rings is 1. The fraction of sp³-hybridized carbons (Fsp3) is 0.125. The summed E-state index contributed by atoms with van der Waals surface area (Å²) in [5, 5.41) is 12.5. The van der Waals surface area contributed by atoms with E-state index in [1.807, 2.05) is 18.4 Å². The molecule has 72 valence electrons. The second-order valence-electron chi connectivity index (χ2n) is 2.42. The molecule has 0 unspecified atom stereocenters. The van der Waals surface area contributed by atoms with Gasteiger partial charge in [-0.1, -0.05) is 11.8 Å². The zero-order chi connectivity index (χ0) is 9.80. The Morgan fingerprint density at radius 2 is 2.57 bits per heavy atom. The van der Waals surface area contributed by atoms with E-state index in [2.05, 4.69) is 15.3 Å². The molecule has 5 nitrogen and oxygen atoms in total. The highest BCUT2D eigenvalue weighted by atomic mass is 32.2. The van der Waals surface area contributed by atoms with Crippen LogP contribution in [0.25, 0.3) is 0 Å². The molecule has 2 aromatic rings. The van der Waals surface area contributed by atoms with E-state index in [1.54, 1.807) is 23.5 Å². The molecule has 0 amide bonds. The Hall–Kier alpha value is -1.56. The van der Waals surface area contributed by atoms with Crippen molar-refractivity contribution < 1.29 is 4.42 Å². The average molecular weight is 208 g/mol. The van der Waals surface area contributed by atoms with Crippen LogP contribution in [-0.4, -0.2) is 27.3 Å². The van der Waals surface area contributed by atoms with Gasteiger partial charge in [-0.3, -0.25) is 0 Å². The van der Waals surface area contributed by atoms with Crippen LogP contribution in [-0.2, 0) is 0 Å². The van der Waals surface area contributed by atoms with Crippen molar-refractivity contribution in [3.05, 3.63) is 30.5 Å². The van der Waals surface area contributed by atoms with Gasteiger partial charge in [-0.25, -0.2) is 0 Å². The fourth-order valence-electron chi connectivity index (χ4n) is 0.917. The van der Waals surface area contributed by atoms with Crippen LogP contribution in [0.2, 0.25) is 0 Å². The number of hydrogen-bond acceptors (Lipinski definition) is 5. The van der Waals surface area contributed by atoms with Crippen molar-refractivity contribution in [3.8, 4) is 0 Å². The smallest absolute Gasteiger partial charge is 0.211 e. The molecule has 0 radical (unpaired) electrons. The number of thioether (sulfide) groups is 1. The van der Waals surface area contributed by atoms with Crippen LogP contribution in [0.1, 0.15) is 5.76 Å². The maximum Gasteiger partial charge on any atom is 0.211 e. The first-order valence-electron chi connectivity index (χ1n) is 3.92. The number of hydrogen-bond donors (Lipinski definition) is 0. The minimum atomic E-state index is 0.700. The summed E-state index contributed by atoms with van der Waals surface area (Å²) in [6, 6.07) is 3.63. The molecule has 2 rings (SSSR count). The monoisotopic (exact) mass is 208 g/mol. The standard InChI is InChI=1S/C8H8N4OS/c1-14-8-11-9-6-12(8)10-5-7-3-2-4-13-7/h2-6H,1H3/b10-5+. The Morgan fingerprint density at radius 1 is 1.64 bits per heavy atom. The molecule has 2 aromatic heterocycles. The molecule has 0 aliphatic heterocycles. The molecule has 0 fully saturated rings.